The van der Waals surface area contributed by atoms with E-state index < -0.39 is 0 Å². The second-order valence-electron chi connectivity index (χ2n) is 10.9. The first-order valence-electron chi connectivity index (χ1n) is 14.4. The van der Waals surface area contributed by atoms with E-state index in [-0.39, 0.29) is 0 Å². The average Bonchev–Trinajstić information content (AvgIpc) is 3.59. The van der Waals surface area contributed by atoms with Crippen molar-refractivity contribution in [3.8, 4) is 27.9 Å². The van der Waals surface area contributed by atoms with E-state index in [1.165, 1.54) is 49.2 Å². The predicted molar refractivity (Wildman–Crippen MR) is 176 cm³/mol. The molecule has 0 saturated heterocycles. The number of para-hydroxylation sites is 2. The smallest absolute Gasteiger partial charge is 0.213 e. The molecule has 2 heterocycles. The molecule has 0 aliphatic rings. The maximum atomic E-state index is 6.63. The van der Waals surface area contributed by atoms with Crippen LogP contribution in [0.3, 0.4) is 0 Å². The number of furan rings is 1. The number of aromatic nitrogens is 1. The first-order valence-corrected chi connectivity index (χ1v) is 14.4. The summed E-state index contributed by atoms with van der Waals surface area (Å²) in [7, 11) is 0. The topological polar surface area (TPSA) is 18.1 Å². The highest BCUT2D eigenvalue weighted by Crippen LogP contribution is 2.48. The van der Waals surface area contributed by atoms with Crippen LogP contribution in [0.5, 0.6) is 0 Å². The van der Waals surface area contributed by atoms with E-state index >= 15 is 0 Å². The Bertz CT molecular complexity index is 2390. The third-order valence-electron chi connectivity index (χ3n) is 8.59. The lowest BCUT2D eigenvalue weighted by molar-refractivity contribution is 0.645. The van der Waals surface area contributed by atoms with Gasteiger partial charge in [0.1, 0.15) is 5.58 Å². The molecular formula is C40H25NO. The van der Waals surface area contributed by atoms with Crippen molar-refractivity contribution in [3.63, 3.8) is 0 Å². The molecule has 0 saturated carbocycles. The minimum Gasteiger partial charge on any atom is -0.439 e. The molecule has 9 aromatic rings. The zero-order valence-electron chi connectivity index (χ0n) is 22.8. The summed E-state index contributed by atoms with van der Waals surface area (Å²) in [5, 5.41) is 8.50. The molecule has 7 aromatic carbocycles. The van der Waals surface area contributed by atoms with Crippen LogP contribution in [0.4, 0.5) is 0 Å². The summed E-state index contributed by atoms with van der Waals surface area (Å²) in [6.07, 6.45) is 0. The van der Waals surface area contributed by atoms with Crippen molar-refractivity contribution in [1.29, 1.82) is 0 Å². The summed E-state index contributed by atoms with van der Waals surface area (Å²) in [6.45, 7) is 0. The minimum absolute atomic E-state index is 0.874. The Kier molecular flexibility index (Phi) is 4.93. The summed E-state index contributed by atoms with van der Waals surface area (Å²) in [4.78, 5) is 0. The zero-order chi connectivity index (χ0) is 27.6. The van der Waals surface area contributed by atoms with E-state index in [4.69, 9.17) is 4.42 Å². The van der Waals surface area contributed by atoms with Gasteiger partial charge in [-0.3, -0.25) is 4.57 Å². The maximum absolute atomic E-state index is 6.63. The molecule has 9 rings (SSSR count). The van der Waals surface area contributed by atoms with Crippen molar-refractivity contribution < 1.29 is 4.42 Å². The third kappa shape index (κ3) is 3.21. The lowest BCUT2D eigenvalue weighted by Crippen LogP contribution is -1.93. The second-order valence-corrected chi connectivity index (χ2v) is 10.9. The van der Waals surface area contributed by atoms with E-state index in [2.05, 4.69) is 150 Å². The highest BCUT2D eigenvalue weighted by atomic mass is 16.3. The number of fused-ring (bicyclic) bond motifs is 7. The van der Waals surface area contributed by atoms with Gasteiger partial charge in [0.05, 0.1) is 10.9 Å². The molecule has 0 radical (unpaired) electrons. The van der Waals surface area contributed by atoms with Gasteiger partial charge in [0.2, 0.25) is 5.71 Å². The highest BCUT2D eigenvalue weighted by Gasteiger charge is 2.24. The molecule has 0 amide bonds. The van der Waals surface area contributed by atoms with Gasteiger partial charge in [0, 0.05) is 16.5 Å². The van der Waals surface area contributed by atoms with Gasteiger partial charge in [0.15, 0.2) is 0 Å². The van der Waals surface area contributed by atoms with Crippen LogP contribution in [0.25, 0.3) is 82.5 Å². The van der Waals surface area contributed by atoms with Gasteiger partial charge in [-0.1, -0.05) is 127 Å². The van der Waals surface area contributed by atoms with Gasteiger partial charge >= 0.3 is 0 Å². The number of benzene rings is 7. The third-order valence-corrected chi connectivity index (χ3v) is 8.59. The molecule has 2 heteroatoms. The zero-order valence-corrected chi connectivity index (χ0v) is 22.8. The van der Waals surface area contributed by atoms with Crippen molar-refractivity contribution >= 4 is 54.5 Å². The quantitative estimate of drug-likeness (QED) is 0.206. The average molecular weight is 536 g/mol. The Balaban J connectivity index is 1.51. The molecule has 0 atom stereocenters. The number of hydrogen-bond acceptors (Lipinski definition) is 1. The van der Waals surface area contributed by atoms with Crippen LogP contribution >= 0.6 is 0 Å². The Morgan fingerprint density at radius 2 is 0.952 bits per heavy atom. The Morgan fingerprint density at radius 3 is 1.62 bits per heavy atom. The Morgan fingerprint density at radius 1 is 0.405 bits per heavy atom. The molecule has 0 aliphatic carbocycles. The molecule has 0 bridgehead atoms. The first-order chi connectivity index (χ1) is 20.9. The van der Waals surface area contributed by atoms with Crippen LogP contribution in [0.15, 0.2) is 156 Å². The summed E-state index contributed by atoms with van der Waals surface area (Å²) >= 11 is 0. The van der Waals surface area contributed by atoms with E-state index in [1.54, 1.807) is 0 Å². The van der Waals surface area contributed by atoms with E-state index in [0.29, 0.717) is 0 Å². The number of hydrogen-bond donors (Lipinski definition) is 0. The van der Waals surface area contributed by atoms with Gasteiger partial charge in [-0.05, 0) is 68.1 Å². The van der Waals surface area contributed by atoms with E-state index in [0.717, 1.165) is 33.3 Å². The van der Waals surface area contributed by atoms with Crippen LogP contribution in [0.1, 0.15) is 0 Å². The van der Waals surface area contributed by atoms with Gasteiger partial charge in [-0.15, -0.1) is 0 Å². The Labute approximate surface area is 242 Å². The van der Waals surface area contributed by atoms with Crippen LogP contribution in [-0.4, -0.2) is 4.57 Å². The number of nitrogens with zero attached hydrogens (tertiary/aromatic N) is 1. The Hall–Kier alpha value is -5.60. The van der Waals surface area contributed by atoms with Crippen LogP contribution in [-0.2, 0) is 0 Å². The molecular weight excluding hydrogens is 510 g/mol. The lowest BCUT2D eigenvalue weighted by Gasteiger charge is -2.18. The fraction of sp³-hybridized carbons (Fsp3) is 0. The molecule has 42 heavy (non-hydrogen) atoms. The first kappa shape index (κ1) is 23.1. The van der Waals surface area contributed by atoms with E-state index in [1.807, 2.05) is 6.07 Å². The lowest BCUT2D eigenvalue weighted by atomic mass is 9.85. The summed E-state index contributed by atoms with van der Waals surface area (Å²) < 4.78 is 8.90. The van der Waals surface area contributed by atoms with Gasteiger partial charge in [-0.2, -0.15) is 0 Å². The molecule has 196 valence electrons. The molecule has 0 unspecified atom stereocenters. The molecule has 0 aliphatic heterocycles. The predicted octanol–water partition coefficient (Wildman–Crippen LogP) is 11.2. The normalized spacial score (nSPS) is 11.8. The maximum Gasteiger partial charge on any atom is 0.213 e. The largest absolute Gasteiger partial charge is 0.439 e. The molecule has 0 spiro atoms. The molecule has 2 nitrogen and oxygen atoms in total. The molecule has 0 N–H and O–H groups in total. The van der Waals surface area contributed by atoms with Crippen molar-refractivity contribution in [3.05, 3.63) is 152 Å². The summed E-state index contributed by atoms with van der Waals surface area (Å²) in [6, 6.07) is 54.1. The minimum atomic E-state index is 0.874. The molecule has 0 fully saturated rings. The van der Waals surface area contributed by atoms with Crippen molar-refractivity contribution in [2.24, 2.45) is 0 Å². The van der Waals surface area contributed by atoms with Crippen LogP contribution in [0, 0.1) is 0 Å². The van der Waals surface area contributed by atoms with Crippen molar-refractivity contribution in [1.82, 2.24) is 4.57 Å². The van der Waals surface area contributed by atoms with Gasteiger partial charge < -0.3 is 4.42 Å². The van der Waals surface area contributed by atoms with Crippen LogP contribution in [0.2, 0.25) is 0 Å². The highest BCUT2D eigenvalue weighted by molar-refractivity contribution is 6.29. The fourth-order valence-corrected chi connectivity index (χ4v) is 6.91. The monoisotopic (exact) mass is 535 g/mol. The van der Waals surface area contributed by atoms with Gasteiger partial charge in [-0.25, -0.2) is 0 Å². The number of rotatable bonds is 3. The van der Waals surface area contributed by atoms with Crippen molar-refractivity contribution in [2.75, 3.05) is 0 Å². The van der Waals surface area contributed by atoms with E-state index in [9.17, 15) is 0 Å². The SMILES string of the molecule is c1ccc(-c2c3ccccc3c(-c3cccc4c3c3c5ccccc5oc3n4-c3ccccc3)c3ccccc23)cc1. The fourth-order valence-electron chi connectivity index (χ4n) is 6.91. The van der Waals surface area contributed by atoms with Crippen LogP contribution < -0.4 is 0 Å². The summed E-state index contributed by atoms with van der Waals surface area (Å²) in [5.41, 5.74) is 8.97. The van der Waals surface area contributed by atoms with Gasteiger partial charge in [0.25, 0.3) is 0 Å². The summed E-state index contributed by atoms with van der Waals surface area (Å²) in [5.74, 6) is 0. The standard InChI is InChI=1S/C40H25NO/c1-3-14-26(15-4-1)36-28-18-7-9-20-30(28)37(31-21-10-8-19-29(31)36)33-23-13-24-34-38(33)39-32-22-11-12-25-35(32)42-40(39)41(34)27-16-5-2-6-17-27/h1-25H. The molecule has 2 aromatic heterocycles. The second kappa shape index (κ2) is 8.95. The van der Waals surface area contributed by atoms with Crippen molar-refractivity contribution in [2.45, 2.75) is 0 Å².